The number of nitrogens with one attached hydrogen (secondary N) is 1. The lowest BCUT2D eigenvalue weighted by Gasteiger charge is -2.27. The fourth-order valence-electron chi connectivity index (χ4n) is 2.99. The normalized spacial score (nSPS) is 13.6. The van der Waals surface area contributed by atoms with E-state index in [1.165, 1.54) is 19.9 Å². The summed E-state index contributed by atoms with van der Waals surface area (Å²) in [6.45, 7) is 6.45. The highest BCUT2D eigenvalue weighted by Crippen LogP contribution is 2.32. The van der Waals surface area contributed by atoms with Crippen LogP contribution in [0.2, 0.25) is 0 Å². The van der Waals surface area contributed by atoms with E-state index in [0.29, 0.717) is 5.39 Å². The van der Waals surface area contributed by atoms with Crippen molar-refractivity contribution in [3.63, 3.8) is 0 Å². The zero-order chi connectivity index (χ0) is 19.0. The fraction of sp³-hybridized carbons (Fsp3) is 0.444. The van der Waals surface area contributed by atoms with Gasteiger partial charge in [-0.3, -0.25) is 0 Å². The molecule has 0 aliphatic heterocycles. The van der Waals surface area contributed by atoms with Crippen LogP contribution in [0.5, 0.6) is 0 Å². The van der Waals surface area contributed by atoms with Crippen LogP contribution in [0.15, 0.2) is 41.3 Å². The average molecular weight is 373 g/mol. The summed E-state index contributed by atoms with van der Waals surface area (Å²) in [5.41, 5.74) is -0.654. The van der Waals surface area contributed by atoms with E-state index in [-0.39, 0.29) is 10.8 Å². The Balaban J connectivity index is 2.52. The van der Waals surface area contributed by atoms with Gasteiger partial charge in [0.15, 0.2) is 0 Å². The van der Waals surface area contributed by atoms with Crippen molar-refractivity contribution in [2.75, 3.05) is 0 Å². The molecule has 7 heteroatoms. The molecule has 0 fully saturated rings. The van der Waals surface area contributed by atoms with E-state index in [1.807, 2.05) is 26.0 Å². The first-order valence-corrected chi connectivity index (χ1v) is 9.43. The molecule has 0 radical (unpaired) electrons. The van der Waals surface area contributed by atoms with Crippen LogP contribution in [0.25, 0.3) is 10.8 Å². The number of rotatable bonds is 5. The van der Waals surface area contributed by atoms with Crippen LogP contribution in [-0.4, -0.2) is 20.1 Å². The Morgan fingerprint density at radius 1 is 1.00 bits per heavy atom. The second kappa shape index (κ2) is 6.61. The number of benzene rings is 2. The van der Waals surface area contributed by atoms with E-state index in [1.54, 1.807) is 18.2 Å². The Kier molecular flexibility index (Phi) is 5.21. The lowest BCUT2D eigenvalue weighted by atomic mass is 9.96. The van der Waals surface area contributed by atoms with Crippen LogP contribution in [0.3, 0.4) is 0 Å². The number of sulfonamides is 1. The van der Waals surface area contributed by atoms with E-state index in [0.717, 1.165) is 10.9 Å². The van der Waals surface area contributed by atoms with Gasteiger partial charge in [-0.1, -0.05) is 44.2 Å². The minimum absolute atomic E-state index is 0.0113. The van der Waals surface area contributed by atoms with Crippen LogP contribution in [0.1, 0.15) is 45.6 Å². The van der Waals surface area contributed by atoms with Crippen LogP contribution >= 0.6 is 0 Å². The predicted octanol–water partition coefficient (Wildman–Crippen LogP) is 4.97. The maximum atomic E-state index is 12.8. The molecule has 0 aliphatic rings. The summed E-state index contributed by atoms with van der Waals surface area (Å²) in [7, 11) is -4.11. The van der Waals surface area contributed by atoms with Crippen molar-refractivity contribution < 1.29 is 21.6 Å². The summed E-state index contributed by atoms with van der Waals surface area (Å²) in [6.07, 6.45) is -5.71. The number of fused-ring (bicyclic) bond motifs is 1. The largest absolute Gasteiger partial charge is 0.390 e. The van der Waals surface area contributed by atoms with Crippen molar-refractivity contribution in [2.24, 2.45) is 0 Å². The van der Waals surface area contributed by atoms with Crippen molar-refractivity contribution in [3.8, 4) is 0 Å². The Hall–Kier alpha value is -1.60. The molecule has 3 nitrogen and oxygen atoms in total. The Labute approximate surface area is 146 Å². The number of alkyl halides is 3. The molecule has 2 aromatic rings. The van der Waals surface area contributed by atoms with Gasteiger partial charge in [0, 0.05) is 10.9 Å². The number of hydrogen-bond donors (Lipinski definition) is 1. The standard InChI is InChI=1S/C18H22F3NO2S/c1-12(2)13-9-10-16(15-8-6-5-7-14(13)15)25(23,24)22-17(3,4)11-18(19,20)21/h5-10,12,22H,11H2,1-4H3. The van der Waals surface area contributed by atoms with Crippen LogP contribution in [-0.2, 0) is 10.0 Å². The Bertz CT molecular complexity index is 872. The highest BCUT2D eigenvalue weighted by atomic mass is 32.2. The second-order valence-electron chi connectivity index (χ2n) is 7.13. The minimum atomic E-state index is -4.46. The average Bonchev–Trinajstić information content (AvgIpc) is 2.41. The quantitative estimate of drug-likeness (QED) is 0.804. The molecule has 0 amide bonds. The molecule has 25 heavy (non-hydrogen) atoms. The van der Waals surface area contributed by atoms with Crippen molar-refractivity contribution in [1.82, 2.24) is 4.72 Å². The van der Waals surface area contributed by atoms with Crippen LogP contribution in [0, 0.1) is 0 Å². The topological polar surface area (TPSA) is 46.2 Å². The Morgan fingerprint density at radius 3 is 2.08 bits per heavy atom. The van der Waals surface area contributed by atoms with Crippen molar-refractivity contribution in [1.29, 1.82) is 0 Å². The summed E-state index contributed by atoms with van der Waals surface area (Å²) in [5.74, 6) is 0.191. The molecule has 0 bridgehead atoms. The molecule has 2 aromatic carbocycles. The molecular weight excluding hydrogens is 351 g/mol. The third-order valence-electron chi connectivity index (χ3n) is 3.88. The monoisotopic (exact) mass is 373 g/mol. The summed E-state index contributed by atoms with van der Waals surface area (Å²) in [6, 6.07) is 10.2. The third-order valence-corrected chi connectivity index (χ3v) is 5.64. The van der Waals surface area contributed by atoms with Gasteiger partial charge in [-0.2, -0.15) is 13.2 Å². The first kappa shape index (κ1) is 19.7. The van der Waals surface area contributed by atoms with Gasteiger partial charge >= 0.3 is 6.18 Å². The smallest absolute Gasteiger partial charge is 0.207 e. The number of halogens is 3. The molecule has 138 valence electrons. The molecule has 0 unspecified atom stereocenters. The van der Waals surface area contributed by atoms with E-state index in [4.69, 9.17) is 0 Å². The number of hydrogen-bond acceptors (Lipinski definition) is 2. The SMILES string of the molecule is CC(C)c1ccc(S(=O)(=O)NC(C)(C)CC(F)(F)F)c2ccccc12. The molecule has 0 saturated heterocycles. The van der Waals surface area contributed by atoms with Gasteiger partial charge in [0.05, 0.1) is 11.3 Å². The van der Waals surface area contributed by atoms with Gasteiger partial charge in [0.2, 0.25) is 10.0 Å². The van der Waals surface area contributed by atoms with E-state index in [2.05, 4.69) is 4.72 Å². The first-order valence-electron chi connectivity index (χ1n) is 7.95. The van der Waals surface area contributed by atoms with Gasteiger partial charge in [0.25, 0.3) is 0 Å². The van der Waals surface area contributed by atoms with Crippen LogP contribution < -0.4 is 4.72 Å². The second-order valence-corrected chi connectivity index (χ2v) is 8.79. The van der Waals surface area contributed by atoms with Crippen molar-refractivity contribution in [3.05, 3.63) is 42.0 Å². The molecule has 0 aliphatic carbocycles. The minimum Gasteiger partial charge on any atom is -0.207 e. The molecule has 0 aromatic heterocycles. The van der Waals surface area contributed by atoms with Crippen molar-refractivity contribution >= 4 is 20.8 Å². The zero-order valence-electron chi connectivity index (χ0n) is 14.6. The van der Waals surface area contributed by atoms with Crippen molar-refractivity contribution in [2.45, 2.75) is 56.6 Å². The summed E-state index contributed by atoms with van der Waals surface area (Å²) in [4.78, 5) is -0.0113. The lowest BCUT2D eigenvalue weighted by Crippen LogP contribution is -2.46. The lowest BCUT2D eigenvalue weighted by molar-refractivity contribution is -0.145. The summed E-state index contributed by atoms with van der Waals surface area (Å²) in [5, 5.41) is 1.29. The molecule has 0 atom stereocenters. The molecule has 0 heterocycles. The maximum Gasteiger partial charge on any atom is 0.390 e. The first-order chi connectivity index (χ1) is 11.3. The van der Waals surface area contributed by atoms with Gasteiger partial charge in [-0.15, -0.1) is 0 Å². The fourth-order valence-corrected chi connectivity index (χ4v) is 4.61. The molecular formula is C18H22F3NO2S. The predicted molar refractivity (Wildman–Crippen MR) is 93.1 cm³/mol. The third kappa shape index (κ3) is 4.73. The van der Waals surface area contributed by atoms with E-state index < -0.39 is 28.2 Å². The molecule has 1 N–H and O–H groups in total. The zero-order valence-corrected chi connectivity index (χ0v) is 15.4. The summed E-state index contributed by atoms with van der Waals surface area (Å²) < 4.78 is 65.8. The molecule has 0 spiro atoms. The van der Waals surface area contributed by atoms with Gasteiger partial charge in [-0.05, 0) is 36.8 Å². The molecule has 0 saturated carbocycles. The van der Waals surface area contributed by atoms with E-state index >= 15 is 0 Å². The maximum absolute atomic E-state index is 12.8. The highest BCUT2D eigenvalue weighted by Gasteiger charge is 2.39. The van der Waals surface area contributed by atoms with Crippen LogP contribution in [0.4, 0.5) is 13.2 Å². The Morgan fingerprint density at radius 2 is 1.56 bits per heavy atom. The highest BCUT2D eigenvalue weighted by molar-refractivity contribution is 7.89. The van der Waals surface area contributed by atoms with Gasteiger partial charge < -0.3 is 0 Å². The molecule has 2 rings (SSSR count). The van der Waals surface area contributed by atoms with Gasteiger partial charge in [-0.25, -0.2) is 13.1 Å². The summed E-state index contributed by atoms with van der Waals surface area (Å²) >= 11 is 0. The van der Waals surface area contributed by atoms with Gasteiger partial charge in [0.1, 0.15) is 0 Å². The van der Waals surface area contributed by atoms with E-state index in [9.17, 15) is 21.6 Å².